The van der Waals surface area contributed by atoms with Gasteiger partial charge in [0.2, 0.25) is 0 Å². The number of nitrogens with one attached hydrogen (secondary N) is 1. The molecule has 5 heteroatoms. The number of anilines is 1. The van der Waals surface area contributed by atoms with Gasteiger partial charge in [0.05, 0.1) is 5.69 Å². The molecule has 0 saturated heterocycles. The van der Waals surface area contributed by atoms with E-state index in [-0.39, 0.29) is 0 Å². The largest absolute Gasteiger partial charge is 0.360 e. The summed E-state index contributed by atoms with van der Waals surface area (Å²) in [5.74, 6) is 0. The number of allylic oxidation sites excluding steroid dienone is 1. The highest BCUT2D eigenvalue weighted by Gasteiger charge is 2.10. The van der Waals surface area contributed by atoms with Gasteiger partial charge in [-0.25, -0.2) is 4.98 Å². The molecule has 0 aliphatic heterocycles. The van der Waals surface area contributed by atoms with E-state index in [0.29, 0.717) is 10.6 Å². The van der Waals surface area contributed by atoms with Gasteiger partial charge in [0.15, 0.2) is 0 Å². The van der Waals surface area contributed by atoms with Crippen LogP contribution in [0.2, 0.25) is 0 Å². The maximum absolute atomic E-state index is 9.57. The Kier molecular flexibility index (Phi) is 5.55. The van der Waals surface area contributed by atoms with Crippen LogP contribution in [0, 0.1) is 32.1 Å². The summed E-state index contributed by atoms with van der Waals surface area (Å²) >= 11 is 4.95. The molecule has 0 saturated carbocycles. The second-order valence-corrected chi connectivity index (χ2v) is 7.91. The Bertz CT molecular complexity index is 1000. The number of benzene rings is 2. The summed E-state index contributed by atoms with van der Waals surface area (Å²) in [6, 6.07) is 14.5. The quantitative estimate of drug-likeness (QED) is 0.488. The van der Waals surface area contributed by atoms with E-state index in [2.05, 4.69) is 65.2 Å². The number of aromatic nitrogens is 1. The fourth-order valence-electron chi connectivity index (χ4n) is 2.87. The van der Waals surface area contributed by atoms with E-state index in [0.717, 1.165) is 32.5 Å². The van der Waals surface area contributed by atoms with Gasteiger partial charge in [-0.2, -0.15) is 5.26 Å². The van der Waals surface area contributed by atoms with Gasteiger partial charge in [-0.3, -0.25) is 0 Å². The number of rotatable bonds is 4. The Morgan fingerprint density at radius 1 is 1.19 bits per heavy atom. The zero-order valence-electron chi connectivity index (χ0n) is 14.8. The minimum atomic E-state index is 0.524. The van der Waals surface area contributed by atoms with Crippen molar-refractivity contribution in [2.45, 2.75) is 20.8 Å². The van der Waals surface area contributed by atoms with Gasteiger partial charge in [0.25, 0.3) is 0 Å². The lowest BCUT2D eigenvalue weighted by atomic mass is 10.1. The van der Waals surface area contributed by atoms with Crippen molar-refractivity contribution < 1.29 is 0 Å². The molecule has 3 aromatic rings. The van der Waals surface area contributed by atoms with E-state index >= 15 is 0 Å². The van der Waals surface area contributed by atoms with Gasteiger partial charge in [-0.15, -0.1) is 11.3 Å². The number of hydrogen-bond acceptors (Lipinski definition) is 4. The minimum absolute atomic E-state index is 0.524. The van der Waals surface area contributed by atoms with Gasteiger partial charge in [0.1, 0.15) is 16.6 Å². The molecule has 0 bridgehead atoms. The molecule has 3 rings (SSSR count). The van der Waals surface area contributed by atoms with E-state index < -0.39 is 0 Å². The summed E-state index contributed by atoms with van der Waals surface area (Å²) < 4.78 is 1.01. The van der Waals surface area contributed by atoms with Crippen LogP contribution in [-0.2, 0) is 0 Å². The Labute approximate surface area is 166 Å². The normalized spacial score (nSPS) is 11.3. The smallest absolute Gasteiger partial charge is 0.136 e. The molecule has 0 unspecified atom stereocenters. The third-order valence-electron chi connectivity index (χ3n) is 4.01. The molecule has 2 aromatic carbocycles. The number of nitriles is 1. The van der Waals surface area contributed by atoms with Crippen LogP contribution >= 0.6 is 27.3 Å². The lowest BCUT2D eigenvalue weighted by Gasteiger charge is -2.11. The molecule has 0 atom stereocenters. The fraction of sp³-hybridized carbons (Fsp3) is 0.143. The average Bonchev–Trinajstić information content (AvgIpc) is 3.07. The van der Waals surface area contributed by atoms with Crippen LogP contribution in [0.3, 0.4) is 0 Å². The Morgan fingerprint density at radius 3 is 2.58 bits per heavy atom. The maximum Gasteiger partial charge on any atom is 0.136 e. The van der Waals surface area contributed by atoms with Crippen LogP contribution in [0.15, 0.2) is 52.5 Å². The number of halogens is 1. The third-order valence-corrected chi connectivity index (χ3v) is 5.38. The predicted molar refractivity (Wildman–Crippen MR) is 113 cm³/mol. The lowest BCUT2D eigenvalue weighted by molar-refractivity contribution is 1.31. The molecule has 3 nitrogen and oxygen atoms in total. The van der Waals surface area contributed by atoms with Gasteiger partial charge < -0.3 is 5.32 Å². The number of hydrogen-bond donors (Lipinski definition) is 1. The first kappa shape index (κ1) is 18.4. The second-order valence-electron chi connectivity index (χ2n) is 6.14. The average molecular weight is 424 g/mol. The monoisotopic (exact) mass is 423 g/mol. The van der Waals surface area contributed by atoms with Crippen molar-refractivity contribution >= 4 is 38.5 Å². The Hall–Kier alpha value is -2.42. The molecular formula is C21H18BrN3S. The van der Waals surface area contributed by atoms with Gasteiger partial charge in [-0.1, -0.05) is 45.8 Å². The van der Waals surface area contributed by atoms with Crippen molar-refractivity contribution in [2.24, 2.45) is 0 Å². The SMILES string of the molecule is Cc1cc(C)c(N/C=C(\C#N)c2nc(-c3cccc(Br)c3)cs2)c(C)c1. The van der Waals surface area contributed by atoms with Crippen molar-refractivity contribution in [3.8, 4) is 17.3 Å². The summed E-state index contributed by atoms with van der Waals surface area (Å²) in [5, 5.41) is 15.5. The van der Waals surface area contributed by atoms with E-state index in [1.165, 1.54) is 16.9 Å². The van der Waals surface area contributed by atoms with Gasteiger partial charge in [-0.05, 0) is 44.0 Å². The van der Waals surface area contributed by atoms with Crippen molar-refractivity contribution in [3.63, 3.8) is 0 Å². The molecule has 0 amide bonds. The molecule has 130 valence electrons. The van der Waals surface area contributed by atoms with Crippen LogP contribution < -0.4 is 5.32 Å². The highest BCUT2D eigenvalue weighted by Crippen LogP contribution is 2.28. The topological polar surface area (TPSA) is 48.7 Å². The summed E-state index contributed by atoms with van der Waals surface area (Å²) in [6.07, 6.45) is 1.74. The number of nitrogens with zero attached hydrogens (tertiary/aromatic N) is 2. The maximum atomic E-state index is 9.57. The molecule has 1 heterocycles. The number of thiazole rings is 1. The third kappa shape index (κ3) is 4.04. The lowest BCUT2D eigenvalue weighted by Crippen LogP contribution is -1.97. The first-order chi connectivity index (χ1) is 12.5. The standard InChI is InChI=1S/C21H18BrN3S/c1-13-7-14(2)20(15(3)8-13)24-11-17(10-23)21-25-19(12-26-21)16-5-4-6-18(22)9-16/h4-9,11-12,24H,1-3H3/b17-11+. The zero-order valence-corrected chi connectivity index (χ0v) is 17.2. The molecular weight excluding hydrogens is 406 g/mol. The van der Waals surface area contributed by atoms with Gasteiger partial charge >= 0.3 is 0 Å². The van der Waals surface area contributed by atoms with E-state index in [4.69, 9.17) is 0 Å². The van der Waals surface area contributed by atoms with E-state index in [1.807, 2.05) is 29.6 Å². The molecule has 0 spiro atoms. The van der Waals surface area contributed by atoms with Gasteiger partial charge in [0, 0.05) is 27.3 Å². The molecule has 0 aliphatic rings. The van der Waals surface area contributed by atoms with E-state index in [9.17, 15) is 5.26 Å². The van der Waals surface area contributed by atoms with Crippen LogP contribution in [0.5, 0.6) is 0 Å². The molecule has 0 aliphatic carbocycles. The second kappa shape index (κ2) is 7.86. The predicted octanol–water partition coefficient (Wildman–Crippen LogP) is 6.47. The van der Waals surface area contributed by atoms with Crippen LogP contribution in [-0.4, -0.2) is 4.98 Å². The molecule has 0 fully saturated rings. The molecule has 1 aromatic heterocycles. The highest BCUT2D eigenvalue weighted by molar-refractivity contribution is 9.10. The fourth-order valence-corrected chi connectivity index (χ4v) is 4.07. The van der Waals surface area contributed by atoms with Crippen molar-refractivity contribution in [1.29, 1.82) is 5.26 Å². The zero-order chi connectivity index (χ0) is 18.7. The first-order valence-electron chi connectivity index (χ1n) is 8.14. The molecule has 0 radical (unpaired) electrons. The van der Waals surface area contributed by atoms with Crippen LogP contribution in [0.25, 0.3) is 16.8 Å². The molecule has 26 heavy (non-hydrogen) atoms. The summed E-state index contributed by atoms with van der Waals surface area (Å²) in [6.45, 7) is 6.22. The van der Waals surface area contributed by atoms with E-state index in [1.54, 1.807) is 6.20 Å². The van der Waals surface area contributed by atoms with Crippen molar-refractivity contribution in [3.05, 3.63) is 74.1 Å². The van der Waals surface area contributed by atoms with Crippen molar-refractivity contribution in [2.75, 3.05) is 5.32 Å². The van der Waals surface area contributed by atoms with Crippen LogP contribution in [0.1, 0.15) is 21.7 Å². The number of aryl methyl sites for hydroxylation is 3. The van der Waals surface area contributed by atoms with Crippen molar-refractivity contribution in [1.82, 2.24) is 4.98 Å². The summed E-state index contributed by atoms with van der Waals surface area (Å²) in [5.41, 5.74) is 7.00. The highest BCUT2D eigenvalue weighted by atomic mass is 79.9. The van der Waals surface area contributed by atoms with Crippen LogP contribution in [0.4, 0.5) is 5.69 Å². The molecule has 1 N–H and O–H groups in total. The Morgan fingerprint density at radius 2 is 1.92 bits per heavy atom. The first-order valence-corrected chi connectivity index (χ1v) is 9.81. The summed E-state index contributed by atoms with van der Waals surface area (Å²) in [7, 11) is 0. The summed E-state index contributed by atoms with van der Waals surface area (Å²) in [4.78, 5) is 4.63. The minimum Gasteiger partial charge on any atom is -0.360 e. The Balaban J connectivity index is 1.88.